The molecule has 2 aromatic rings. The van der Waals surface area contributed by atoms with E-state index in [1.807, 2.05) is 30.5 Å². The minimum atomic E-state index is 0.539. The van der Waals surface area contributed by atoms with Crippen molar-refractivity contribution >= 4 is 28.5 Å². The van der Waals surface area contributed by atoms with Gasteiger partial charge < -0.3 is 9.42 Å². The fourth-order valence-corrected chi connectivity index (χ4v) is 2.73. The summed E-state index contributed by atoms with van der Waals surface area (Å²) in [5.74, 6) is 1.10. The van der Waals surface area contributed by atoms with E-state index in [0.29, 0.717) is 23.3 Å². The van der Waals surface area contributed by atoms with Crippen LogP contribution in [0.15, 0.2) is 33.8 Å². The van der Waals surface area contributed by atoms with Gasteiger partial charge in [-0.15, -0.1) is 0 Å². The molecule has 0 bridgehead atoms. The SMILES string of the molecule is CCN(Cc1nc(-c2cccc(Cl)c2)no1)/C(=N/C)SC. The maximum absolute atomic E-state index is 5.97. The summed E-state index contributed by atoms with van der Waals surface area (Å²) in [6, 6.07) is 7.39. The van der Waals surface area contributed by atoms with E-state index in [4.69, 9.17) is 16.1 Å². The molecular weight excluding hydrogens is 308 g/mol. The second kappa shape index (κ2) is 7.47. The van der Waals surface area contributed by atoms with Crippen LogP contribution >= 0.6 is 23.4 Å². The summed E-state index contributed by atoms with van der Waals surface area (Å²) in [5.41, 5.74) is 0.842. The van der Waals surface area contributed by atoms with E-state index in [1.165, 1.54) is 0 Å². The number of aliphatic imine (C=N–C) groups is 1. The van der Waals surface area contributed by atoms with Crippen LogP contribution < -0.4 is 0 Å². The first-order valence-electron chi connectivity index (χ1n) is 6.52. The van der Waals surface area contributed by atoms with Gasteiger partial charge in [-0.2, -0.15) is 4.98 Å². The van der Waals surface area contributed by atoms with Crippen molar-refractivity contribution < 1.29 is 4.52 Å². The Morgan fingerprint density at radius 3 is 2.90 bits per heavy atom. The number of hydrogen-bond donors (Lipinski definition) is 0. The van der Waals surface area contributed by atoms with Crippen LogP contribution in [0.25, 0.3) is 11.4 Å². The number of nitrogens with zero attached hydrogens (tertiary/aromatic N) is 4. The van der Waals surface area contributed by atoms with Crippen LogP contribution in [0.1, 0.15) is 12.8 Å². The summed E-state index contributed by atoms with van der Waals surface area (Å²) < 4.78 is 5.32. The van der Waals surface area contributed by atoms with Crippen molar-refractivity contribution in [2.75, 3.05) is 19.8 Å². The molecule has 1 aromatic heterocycles. The normalized spacial score (nSPS) is 11.7. The summed E-state index contributed by atoms with van der Waals surface area (Å²) in [6.45, 7) is 3.43. The van der Waals surface area contributed by atoms with Crippen molar-refractivity contribution in [2.45, 2.75) is 13.5 Å². The maximum Gasteiger partial charge on any atom is 0.246 e. The summed E-state index contributed by atoms with van der Waals surface area (Å²) >= 11 is 7.57. The predicted octanol–water partition coefficient (Wildman–Crippen LogP) is 3.56. The molecule has 0 aliphatic heterocycles. The van der Waals surface area contributed by atoms with Crippen molar-refractivity contribution in [3.05, 3.63) is 35.2 Å². The molecule has 0 atom stereocenters. The van der Waals surface area contributed by atoms with Crippen molar-refractivity contribution in [1.29, 1.82) is 0 Å². The van der Waals surface area contributed by atoms with Crippen molar-refractivity contribution in [1.82, 2.24) is 15.0 Å². The molecule has 1 aromatic carbocycles. The minimum absolute atomic E-state index is 0.539. The van der Waals surface area contributed by atoms with Gasteiger partial charge in [-0.25, -0.2) is 0 Å². The average molecular weight is 325 g/mol. The van der Waals surface area contributed by atoms with E-state index in [2.05, 4.69) is 27.0 Å². The minimum Gasteiger partial charge on any atom is -0.342 e. The van der Waals surface area contributed by atoms with Crippen LogP contribution in [0, 0.1) is 0 Å². The molecule has 0 aliphatic rings. The van der Waals surface area contributed by atoms with Crippen LogP contribution in [0.5, 0.6) is 0 Å². The van der Waals surface area contributed by atoms with Gasteiger partial charge in [0.15, 0.2) is 5.17 Å². The van der Waals surface area contributed by atoms with Gasteiger partial charge in [-0.3, -0.25) is 4.99 Å². The second-order valence-corrected chi connectivity index (χ2v) is 5.46. The molecule has 0 radical (unpaired) electrons. The fraction of sp³-hybridized carbons (Fsp3) is 0.357. The van der Waals surface area contributed by atoms with Gasteiger partial charge in [0.2, 0.25) is 11.7 Å². The first kappa shape index (κ1) is 15.9. The number of hydrogen-bond acceptors (Lipinski definition) is 5. The van der Waals surface area contributed by atoms with Crippen molar-refractivity contribution in [3.8, 4) is 11.4 Å². The third-order valence-corrected chi connectivity index (χ3v) is 3.94. The van der Waals surface area contributed by atoms with Crippen LogP contribution in [-0.2, 0) is 6.54 Å². The Labute approximate surface area is 133 Å². The predicted molar refractivity (Wildman–Crippen MR) is 87.7 cm³/mol. The van der Waals surface area contributed by atoms with E-state index < -0.39 is 0 Å². The Kier molecular flexibility index (Phi) is 5.64. The standard InChI is InChI=1S/C14H17ClN4OS/c1-4-19(14(16-2)21-3)9-12-17-13(18-20-12)10-6-5-7-11(15)8-10/h5-8H,4,9H2,1-3H3/b16-14-. The van der Waals surface area contributed by atoms with E-state index in [-0.39, 0.29) is 0 Å². The molecule has 1 heterocycles. The number of amidine groups is 1. The molecule has 0 amide bonds. The lowest BCUT2D eigenvalue weighted by molar-refractivity contribution is 0.321. The van der Waals surface area contributed by atoms with Gasteiger partial charge in [-0.1, -0.05) is 40.7 Å². The van der Waals surface area contributed by atoms with E-state index in [0.717, 1.165) is 17.3 Å². The van der Waals surface area contributed by atoms with Gasteiger partial charge in [-0.05, 0) is 25.3 Å². The first-order chi connectivity index (χ1) is 10.2. The van der Waals surface area contributed by atoms with Crippen LogP contribution in [0.2, 0.25) is 5.02 Å². The van der Waals surface area contributed by atoms with E-state index >= 15 is 0 Å². The molecular formula is C14H17ClN4OS. The zero-order valence-corrected chi connectivity index (χ0v) is 13.8. The lowest BCUT2D eigenvalue weighted by Gasteiger charge is -2.20. The number of benzene rings is 1. The Balaban J connectivity index is 2.16. The Morgan fingerprint density at radius 2 is 2.29 bits per heavy atom. The molecule has 0 unspecified atom stereocenters. The maximum atomic E-state index is 5.97. The molecule has 112 valence electrons. The third-order valence-electron chi connectivity index (χ3n) is 2.90. The quantitative estimate of drug-likeness (QED) is 0.635. The summed E-state index contributed by atoms with van der Waals surface area (Å²) in [7, 11) is 1.78. The van der Waals surface area contributed by atoms with Crippen LogP contribution in [0.3, 0.4) is 0 Å². The smallest absolute Gasteiger partial charge is 0.246 e. The molecule has 0 fully saturated rings. The van der Waals surface area contributed by atoms with Crippen LogP contribution in [-0.4, -0.2) is 40.1 Å². The largest absolute Gasteiger partial charge is 0.342 e. The molecule has 0 saturated carbocycles. The highest BCUT2D eigenvalue weighted by Crippen LogP contribution is 2.20. The number of rotatable bonds is 4. The monoisotopic (exact) mass is 324 g/mol. The van der Waals surface area contributed by atoms with Gasteiger partial charge in [0.1, 0.15) is 0 Å². The summed E-state index contributed by atoms with van der Waals surface area (Å²) in [5, 5.41) is 5.60. The van der Waals surface area contributed by atoms with E-state index in [9.17, 15) is 0 Å². The average Bonchev–Trinajstić information content (AvgIpc) is 2.96. The molecule has 0 N–H and O–H groups in total. The topological polar surface area (TPSA) is 54.5 Å². The molecule has 2 rings (SSSR count). The Morgan fingerprint density at radius 1 is 1.48 bits per heavy atom. The molecule has 0 aliphatic carbocycles. The zero-order valence-electron chi connectivity index (χ0n) is 12.2. The van der Waals surface area contributed by atoms with Gasteiger partial charge in [0.25, 0.3) is 0 Å². The van der Waals surface area contributed by atoms with Gasteiger partial charge in [0, 0.05) is 24.2 Å². The van der Waals surface area contributed by atoms with Crippen molar-refractivity contribution in [3.63, 3.8) is 0 Å². The Bertz CT molecular complexity index is 629. The lowest BCUT2D eigenvalue weighted by atomic mass is 10.2. The fourth-order valence-electron chi connectivity index (χ4n) is 1.90. The van der Waals surface area contributed by atoms with Gasteiger partial charge in [0.05, 0.1) is 6.54 Å². The number of thioether (sulfide) groups is 1. The highest BCUT2D eigenvalue weighted by atomic mass is 35.5. The Hall–Kier alpha value is -1.53. The first-order valence-corrected chi connectivity index (χ1v) is 8.12. The number of halogens is 1. The molecule has 7 heteroatoms. The molecule has 5 nitrogen and oxygen atoms in total. The van der Waals surface area contributed by atoms with E-state index in [1.54, 1.807) is 18.8 Å². The highest BCUT2D eigenvalue weighted by molar-refractivity contribution is 8.13. The zero-order chi connectivity index (χ0) is 15.2. The number of aromatic nitrogens is 2. The third kappa shape index (κ3) is 3.98. The lowest BCUT2D eigenvalue weighted by Crippen LogP contribution is -2.28. The molecule has 21 heavy (non-hydrogen) atoms. The second-order valence-electron chi connectivity index (χ2n) is 4.25. The molecule has 0 saturated heterocycles. The highest BCUT2D eigenvalue weighted by Gasteiger charge is 2.14. The summed E-state index contributed by atoms with van der Waals surface area (Å²) in [4.78, 5) is 10.7. The van der Waals surface area contributed by atoms with Gasteiger partial charge >= 0.3 is 0 Å². The molecule has 0 spiro atoms. The van der Waals surface area contributed by atoms with Crippen LogP contribution in [0.4, 0.5) is 0 Å². The summed E-state index contributed by atoms with van der Waals surface area (Å²) in [6.07, 6.45) is 2.00. The van der Waals surface area contributed by atoms with Crippen molar-refractivity contribution in [2.24, 2.45) is 4.99 Å².